The molecule has 3 nitrogen and oxygen atoms in total. The van der Waals surface area contributed by atoms with Gasteiger partial charge in [-0.1, -0.05) is 24.6 Å². The van der Waals surface area contributed by atoms with Crippen LogP contribution in [0.15, 0.2) is 18.2 Å². The first-order chi connectivity index (χ1) is 8.69. The highest BCUT2D eigenvalue weighted by Gasteiger charge is 2.07. The van der Waals surface area contributed by atoms with Gasteiger partial charge in [-0.3, -0.25) is 0 Å². The minimum absolute atomic E-state index is 0.818. The van der Waals surface area contributed by atoms with Gasteiger partial charge in [-0.2, -0.15) is 0 Å². The average Bonchev–Trinajstić information content (AvgIpc) is 2.36. The molecule has 1 N–H and O–H groups in total. The van der Waals surface area contributed by atoms with Crippen LogP contribution in [0, 0.1) is 6.92 Å². The predicted octanol–water partition coefficient (Wildman–Crippen LogP) is 2.58. The highest BCUT2D eigenvalue weighted by molar-refractivity contribution is 5.54. The summed E-state index contributed by atoms with van der Waals surface area (Å²) in [5.41, 5.74) is 4.01. The Morgan fingerprint density at radius 1 is 1.33 bits per heavy atom. The zero-order chi connectivity index (χ0) is 13.4. The molecule has 0 saturated heterocycles. The lowest BCUT2D eigenvalue weighted by Crippen LogP contribution is -2.23. The first-order valence-electron chi connectivity index (χ1n) is 6.69. The SMILES string of the molecule is CCNCc1cc(C)ccc1N(C)CCCOC. The molecule has 0 radical (unpaired) electrons. The van der Waals surface area contributed by atoms with E-state index in [1.165, 1.54) is 16.8 Å². The van der Waals surface area contributed by atoms with Gasteiger partial charge >= 0.3 is 0 Å². The summed E-state index contributed by atoms with van der Waals surface area (Å²) >= 11 is 0. The fourth-order valence-corrected chi connectivity index (χ4v) is 2.05. The van der Waals surface area contributed by atoms with Crippen molar-refractivity contribution in [3.8, 4) is 0 Å². The molecule has 0 amide bonds. The molecule has 0 atom stereocenters. The van der Waals surface area contributed by atoms with Gasteiger partial charge in [-0.05, 0) is 31.5 Å². The standard InChI is InChI=1S/C15H26N2O/c1-5-16-12-14-11-13(2)7-8-15(14)17(3)9-6-10-18-4/h7-8,11,16H,5-6,9-10,12H2,1-4H3. The van der Waals surface area contributed by atoms with Crippen LogP contribution in [0.2, 0.25) is 0 Å². The molecule has 0 saturated carbocycles. The topological polar surface area (TPSA) is 24.5 Å². The van der Waals surface area contributed by atoms with Crippen LogP contribution in [0.4, 0.5) is 5.69 Å². The maximum atomic E-state index is 5.10. The van der Waals surface area contributed by atoms with Crippen LogP contribution in [0.5, 0.6) is 0 Å². The van der Waals surface area contributed by atoms with Gasteiger partial charge in [0.1, 0.15) is 0 Å². The third-order valence-corrected chi connectivity index (χ3v) is 3.05. The monoisotopic (exact) mass is 250 g/mol. The fourth-order valence-electron chi connectivity index (χ4n) is 2.05. The summed E-state index contributed by atoms with van der Waals surface area (Å²) in [7, 11) is 3.90. The molecule has 0 unspecified atom stereocenters. The summed E-state index contributed by atoms with van der Waals surface area (Å²) in [6, 6.07) is 6.66. The van der Waals surface area contributed by atoms with Crippen LogP contribution in [-0.4, -0.2) is 33.9 Å². The van der Waals surface area contributed by atoms with Gasteiger partial charge in [0.15, 0.2) is 0 Å². The molecule has 0 aromatic heterocycles. The lowest BCUT2D eigenvalue weighted by Gasteiger charge is -2.23. The summed E-state index contributed by atoms with van der Waals surface area (Å²) in [4.78, 5) is 2.31. The number of anilines is 1. The summed E-state index contributed by atoms with van der Waals surface area (Å²) in [5, 5.41) is 3.40. The van der Waals surface area contributed by atoms with Crippen LogP contribution < -0.4 is 10.2 Å². The molecule has 0 aliphatic rings. The molecule has 0 fully saturated rings. The van der Waals surface area contributed by atoms with E-state index < -0.39 is 0 Å². The molecule has 0 aliphatic heterocycles. The van der Waals surface area contributed by atoms with E-state index in [-0.39, 0.29) is 0 Å². The zero-order valence-electron chi connectivity index (χ0n) is 12.1. The maximum absolute atomic E-state index is 5.10. The Kier molecular flexibility index (Phi) is 6.76. The highest BCUT2D eigenvalue weighted by Crippen LogP contribution is 2.21. The smallest absolute Gasteiger partial charge is 0.0479 e. The van der Waals surface area contributed by atoms with Gasteiger partial charge in [0.25, 0.3) is 0 Å². The summed E-state index contributed by atoms with van der Waals surface area (Å²) < 4.78 is 5.10. The van der Waals surface area contributed by atoms with Crippen molar-refractivity contribution in [2.24, 2.45) is 0 Å². The molecule has 3 heteroatoms. The van der Waals surface area contributed by atoms with Gasteiger partial charge in [-0.25, -0.2) is 0 Å². The van der Waals surface area contributed by atoms with E-state index >= 15 is 0 Å². The van der Waals surface area contributed by atoms with E-state index in [4.69, 9.17) is 4.74 Å². The molecule has 1 aromatic carbocycles. The Balaban J connectivity index is 2.72. The third-order valence-electron chi connectivity index (χ3n) is 3.05. The van der Waals surface area contributed by atoms with Gasteiger partial charge in [0, 0.05) is 39.5 Å². The Hall–Kier alpha value is -1.06. The zero-order valence-corrected chi connectivity index (χ0v) is 12.1. The minimum Gasteiger partial charge on any atom is -0.385 e. The quantitative estimate of drug-likeness (QED) is 0.718. The van der Waals surface area contributed by atoms with Gasteiger partial charge in [0.05, 0.1) is 0 Å². The molecule has 1 rings (SSSR count). The lowest BCUT2D eigenvalue weighted by molar-refractivity contribution is 0.196. The summed E-state index contributed by atoms with van der Waals surface area (Å²) in [6.45, 7) is 8.06. The average molecular weight is 250 g/mol. The van der Waals surface area contributed by atoms with Crippen molar-refractivity contribution in [1.82, 2.24) is 5.32 Å². The first-order valence-corrected chi connectivity index (χ1v) is 6.69. The number of hydrogen-bond donors (Lipinski definition) is 1. The molecule has 0 spiro atoms. The van der Waals surface area contributed by atoms with Crippen LogP contribution >= 0.6 is 0 Å². The van der Waals surface area contributed by atoms with Gasteiger partial charge in [-0.15, -0.1) is 0 Å². The number of rotatable bonds is 8. The van der Waals surface area contributed by atoms with Crippen molar-refractivity contribution in [2.75, 3.05) is 38.8 Å². The van der Waals surface area contributed by atoms with Crippen molar-refractivity contribution < 1.29 is 4.74 Å². The molecular weight excluding hydrogens is 224 g/mol. The van der Waals surface area contributed by atoms with E-state index in [1.54, 1.807) is 7.11 Å². The maximum Gasteiger partial charge on any atom is 0.0479 e. The first kappa shape index (κ1) is 15.0. The molecular formula is C15H26N2O. The number of aryl methyl sites for hydroxylation is 1. The van der Waals surface area contributed by atoms with Crippen LogP contribution in [0.1, 0.15) is 24.5 Å². The molecule has 0 bridgehead atoms. The summed E-state index contributed by atoms with van der Waals surface area (Å²) in [5.74, 6) is 0. The summed E-state index contributed by atoms with van der Waals surface area (Å²) in [6.07, 6.45) is 1.06. The Labute approximate surface area is 111 Å². The van der Waals surface area contributed by atoms with Gasteiger partial charge in [0.2, 0.25) is 0 Å². The second-order valence-corrected chi connectivity index (χ2v) is 4.68. The van der Waals surface area contributed by atoms with Crippen LogP contribution in [-0.2, 0) is 11.3 Å². The normalized spacial score (nSPS) is 10.7. The van der Waals surface area contributed by atoms with Crippen molar-refractivity contribution in [2.45, 2.75) is 26.8 Å². The van der Waals surface area contributed by atoms with E-state index in [1.807, 2.05) is 0 Å². The fraction of sp³-hybridized carbons (Fsp3) is 0.600. The molecule has 18 heavy (non-hydrogen) atoms. The predicted molar refractivity (Wildman–Crippen MR) is 78.3 cm³/mol. The number of hydrogen-bond acceptors (Lipinski definition) is 3. The van der Waals surface area contributed by atoms with Crippen LogP contribution in [0.3, 0.4) is 0 Å². The number of nitrogens with zero attached hydrogens (tertiary/aromatic N) is 1. The van der Waals surface area contributed by atoms with Gasteiger partial charge < -0.3 is 15.0 Å². The van der Waals surface area contributed by atoms with E-state index in [9.17, 15) is 0 Å². The molecule has 1 aromatic rings. The molecule has 102 valence electrons. The van der Waals surface area contributed by atoms with Crippen molar-refractivity contribution in [3.05, 3.63) is 29.3 Å². The highest BCUT2D eigenvalue weighted by atomic mass is 16.5. The van der Waals surface area contributed by atoms with Crippen molar-refractivity contribution in [3.63, 3.8) is 0 Å². The Morgan fingerprint density at radius 3 is 2.78 bits per heavy atom. The number of benzene rings is 1. The van der Waals surface area contributed by atoms with Crippen molar-refractivity contribution in [1.29, 1.82) is 0 Å². The number of ether oxygens (including phenoxy) is 1. The third kappa shape index (κ3) is 4.67. The van der Waals surface area contributed by atoms with E-state index in [0.29, 0.717) is 0 Å². The number of nitrogens with one attached hydrogen (secondary N) is 1. The molecule has 0 aliphatic carbocycles. The van der Waals surface area contributed by atoms with E-state index in [2.05, 4.69) is 49.3 Å². The Bertz CT molecular complexity index is 352. The Morgan fingerprint density at radius 2 is 2.11 bits per heavy atom. The second-order valence-electron chi connectivity index (χ2n) is 4.68. The van der Waals surface area contributed by atoms with Crippen LogP contribution in [0.25, 0.3) is 0 Å². The second kappa shape index (κ2) is 8.11. The van der Waals surface area contributed by atoms with Crippen molar-refractivity contribution >= 4 is 5.69 Å². The lowest BCUT2D eigenvalue weighted by atomic mass is 10.1. The minimum atomic E-state index is 0.818. The largest absolute Gasteiger partial charge is 0.385 e. The van der Waals surface area contributed by atoms with E-state index in [0.717, 1.165) is 32.7 Å². The number of methoxy groups -OCH3 is 1. The molecule has 0 heterocycles.